The Labute approximate surface area is 105 Å². The minimum Gasteiger partial charge on any atom is -0.478 e. The molecule has 4 N–H and O–H groups in total. The van der Waals surface area contributed by atoms with Crippen LogP contribution in [0.2, 0.25) is 0 Å². The molecule has 0 aliphatic carbocycles. The number of carboxylic acid groups (broad SMARTS) is 1. The number of carboxylic acids is 1. The first-order valence-corrected chi connectivity index (χ1v) is 5.57. The Hall–Kier alpha value is -2.24. The molecule has 0 aliphatic heterocycles. The summed E-state index contributed by atoms with van der Waals surface area (Å²) in [4.78, 5) is 24.1. The molecule has 0 saturated carbocycles. The third-order valence-corrected chi connectivity index (χ3v) is 2.43. The van der Waals surface area contributed by atoms with Crippen molar-refractivity contribution >= 4 is 23.3 Å². The predicted molar refractivity (Wildman–Crippen MR) is 69.8 cm³/mol. The molecule has 18 heavy (non-hydrogen) atoms. The number of nitrogens with zero attached hydrogens (tertiary/aromatic N) is 1. The lowest BCUT2D eigenvalue weighted by Crippen LogP contribution is -2.35. The van der Waals surface area contributed by atoms with Crippen LogP contribution in [0.3, 0.4) is 0 Å². The van der Waals surface area contributed by atoms with E-state index < -0.39 is 5.97 Å². The van der Waals surface area contributed by atoms with Crippen LogP contribution in [0.15, 0.2) is 18.2 Å². The third-order valence-electron chi connectivity index (χ3n) is 2.43. The van der Waals surface area contributed by atoms with E-state index in [4.69, 9.17) is 10.8 Å². The van der Waals surface area contributed by atoms with Gasteiger partial charge in [0.25, 0.3) is 0 Å². The van der Waals surface area contributed by atoms with E-state index in [-0.39, 0.29) is 18.0 Å². The normalized spacial score (nSPS) is 9.89. The number of rotatable bonds is 5. The fraction of sp³-hybridized carbons (Fsp3) is 0.333. The zero-order valence-corrected chi connectivity index (χ0v) is 10.4. The molecule has 98 valence electrons. The summed E-state index contributed by atoms with van der Waals surface area (Å²) >= 11 is 0. The standard InChI is InChI=1S/C12H17N3O3/c1-3-14-10(16)7-15(2)11-8(12(17)18)5-4-6-9(11)13/h4-6H,3,7,13H2,1-2H3,(H,14,16)(H,17,18). The van der Waals surface area contributed by atoms with Crippen molar-refractivity contribution in [2.75, 3.05) is 30.8 Å². The molecule has 0 fully saturated rings. The van der Waals surface area contributed by atoms with Crippen LogP contribution in [-0.2, 0) is 4.79 Å². The van der Waals surface area contributed by atoms with Crippen molar-refractivity contribution in [3.63, 3.8) is 0 Å². The zero-order valence-electron chi connectivity index (χ0n) is 10.4. The molecule has 0 radical (unpaired) electrons. The van der Waals surface area contributed by atoms with E-state index >= 15 is 0 Å². The van der Waals surface area contributed by atoms with Crippen molar-refractivity contribution in [3.8, 4) is 0 Å². The van der Waals surface area contributed by atoms with Crippen LogP contribution in [0.5, 0.6) is 0 Å². The molecular formula is C12H17N3O3. The number of carbonyl (C=O) groups excluding carboxylic acids is 1. The lowest BCUT2D eigenvalue weighted by Gasteiger charge is -2.22. The maximum absolute atomic E-state index is 11.5. The minimum atomic E-state index is -1.07. The number of nitrogens with one attached hydrogen (secondary N) is 1. The second-order valence-corrected chi connectivity index (χ2v) is 3.86. The molecule has 0 aromatic heterocycles. The fourth-order valence-electron chi connectivity index (χ4n) is 1.71. The van der Waals surface area contributed by atoms with Crippen molar-refractivity contribution < 1.29 is 14.7 Å². The summed E-state index contributed by atoms with van der Waals surface area (Å²) in [5, 5.41) is 11.7. The smallest absolute Gasteiger partial charge is 0.337 e. The minimum absolute atomic E-state index is 0.0579. The van der Waals surface area contributed by atoms with E-state index in [1.807, 2.05) is 6.92 Å². The van der Waals surface area contributed by atoms with E-state index in [1.54, 1.807) is 19.2 Å². The number of likely N-dealkylation sites (N-methyl/N-ethyl adjacent to an activating group) is 2. The molecule has 0 atom stereocenters. The average Bonchev–Trinajstić information content (AvgIpc) is 2.28. The number of nitrogens with two attached hydrogens (primary N) is 1. The SMILES string of the molecule is CCNC(=O)CN(C)c1c(N)cccc1C(=O)O. The highest BCUT2D eigenvalue weighted by molar-refractivity contribution is 5.98. The second kappa shape index (κ2) is 5.90. The van der Waals surface area contributed by atoms with Crippen LogP contribution < -0.4 is 16.0 Å². The van der Waals surface area contributed by atoms with Crippen molar-refractivity contribution in [2.45, 2.75) is 6.92 Å². The summed E-state index contributed by atoms with van der Waals surface area (Å²) in [5.41, 5.74) is 6.55. The van der Waals surface area contributed by atoms with E-state index in [1.165, 1.54) is 11.0 Å². The number of hydrogen-bond donors (Lipinski definition) is 3. The Bertz CT molecular complexity index is 460. The molecule has 1 amide bonds. The largest absolute Gasteiger partial charge is 0.478 e. The van der Waals surface area contributed by atoms with Crippen LogP contribution in [-0.4, -0.2) is 37.1 Å². The first-order valence-electron chi connectivity index (χ1n) is 5.57. The van der Waals surface area contributed by atoms with Gasteiger partial charge >= 0.3 is 5.97 Å². The van der Waals surface area contributed by atoms with E-state index in [0.717, 1.165) is 0 Å². The van der Waals surface area contributed by atoms with Gasteiger partial charge in [-0.05, 0) is 19.1 Å². The van der Waals surface area contributed by atoms with Gasteiger partial charge in [0.15, 0.2) is 0 Å². The molecule has 0 heterocycles. The molecule has 1 aromatic carbocycles. The lowest BCUT2D eigenvalue weighted by atomic mass is 10.1. The van der Waals surface area contributed by atoms with Crippen molar-refractivity contribution in [1.29, 1.82) is 0 Å². The number of amides is 1. The number of carbonyl (C=O) groups is 2. The fourth-order valence-corrected chi connectivity index (χ4v) is 1.71. The topological polar surface area (TPSA) is 95.7 Å². The number of aromatic carboxylic acids is 1. The summed E-state index contributed by atoms with van der Waals surface area (Å²) in [6.45, 7) is 2.41. The predicted octanol–water partition coefficient (Wildman–Crippen LogP) is 0.539. The number of nitrogen functional groups attached to an aromatic ring is 1. The van der Waals surface area contributed by atoms with Crippen LogP contribution >= 0.6 is 0 Å². The molecule has 0 aliphatic rings. The number of benzene rings is 1. The maximum atomic E-state index is 11.5. The van der Waals surface area contributed by atoms with Crippen LogP contribution in [0, 0.1) is 0 Å². The van der Waals surface area contributed by atoms with E-state index in [2.05, 4.69) is 5.32 Å². The van der Waals surface area contributed by atoms with Gasteiger partial charge in [0.2, 0.25) is 5.91 Å². The van der Waals surface area contributed by atoms with E-state index in [0.29, 0.717) is 17.9 Å². The zero-order chi connectivity index (χ0) is 13.7. The van der Waals surface area contributed by atoms with Crippen molar-refractivity contribution in [1.82, 2.24) is 5.32 Å². The molecule has 0 spiro atoms. The van der Waals surface area contributed by atoms with E-state index in [9.17, 15) is 9.59 Å². The summed E-state index contributed by atoms with van der Waals surface area (Å²) < 4.78 is 0. The molecule has 6 nitrogen and oxygen atoms in total. The van der Waals surface area contributed by atoms with Gasteiger partial charge < -0.3 is 21.1 Å². The Morgan fingerprint density at radius 3 is 2.67 bits per heavy atom. The van der Waals surface area contributed by atoms with Gasteiger partial charge in [-0.25, -0.2) is 4.79 Å². The van der Waals surface area contributed by atoms with Crippen LogP contribution in [0.25, 0.3) is 0 Å². The van der Waals surface area contributed by atoms with Gasteiger partial charge in [-0.3, -0.25) is 4.79 Å². The quantitative estimate of drug-likeness (QED) is 0.664. The highest BCUT2D eigenvalue weighted by atomic mass is 16.4. The Kier molecular flexibility index (Phi) is 4.53. The highest BCUT2D eigenvalue weighted by Crippen LogP contribution is 2.26. The van der Waals surface area contributed by atoms with Gasteiger partial charge in [0, 0.05) is 13.6 Å². The van der Waals surface area contributed by atoms with Gasteiger partial charge in [0.1, 0.15) is 0 Å². The summed E-state index contributed by atoms with van der Waals surface area (Å²) in [7, 11) is 1.63. The van der Waals surface area contributed by atoms with Crippen molar-refractivity contribution in [2.24, 2.45) is 0 Å². The van der Waals surface area contributed by atoms with Crippen molar-refractivity contribution in [3.05, 3.63) is 23.8 Å². The monoisotopic (exact) mass is 251 g/mol. The Morgan fingerprint density at radius 1 is 1.44 bits per heavy atom. The third kappa shape index (κ3) is 3.13. The Balaban J connectivity index is 3.00. The van der Waals surface area contributed by atoms with Gasteiger partial charge in [-0.15, -0.1) is 0 Å². The second-order valence-electron chi connectivity index (χ2n) is 3.86. The van der Waals surface area contributed by atoms with Gasteiger partial charge in [0.05, 0.1) is 23.5 Å². The number of para-hydroxylation sites is 1. The molecule has 0 bridgehead atoms. The number of anilines is 2. The Morgan fingerprint density at radius 2 is 2.11 bits per heavy atom. The van der Waals surface area contributed by atoms with Crippen LogP contribution in [0.1, 0.15) is 17.3 Å². The van der Waals surface area contributed by atoms with Gasteiger partial charge in [-0.1, -0.05) is 6.07 Å². The molecular weight excluding hydrogens is 234 g/mol. The first kappa shape index (κ1) is 13.8. The average molecular weight is 251 g/mol. The molecule has 6 heteroatoms. The molecule has 1 aromatic rings. The lowest BCUT2D eigenvalue weighted by molar-refractivity contribution is -0.119. The molecule has 0 saturated heterocycles. The highest BCUT2D eigenvalue weighted by Gasteiger charge is 2.17. The summed E-state index contributed by atoms with van der Waals surface area (Å²) in [6.07, 6.45) is 0. The summed E-state index contributed by atoms with van der Waals surface area (Å²) in [6, 6.07) is 4.64. The summed E-state index contributed by atoms with van der Waals surface area (Å²) in [5.74, 6) is -1.25. The first-order chi connectivity index (χ1) is 8.47. The molecule has 1 rings (SSSR count). The molecule has 0 unspecified atom stereocenters. The number of hydrogen-bond acceptors (Lipinski definition) is 4. The van der Waals surface area contributed by atoms with Crippen LogP contribution in [0.4, 0.5) is 11.4 Å². The van der Waals surface area contributed by atoms with Gasteiger partial charge in [-0.2, -0.15) is 0 Å². The maximum Gasteiger partial charge on any atom is 0.337 e.